The lowest BCUT2D eigenvalue weighted by atomic mass is 10.2. The van der Waals surface area contributed by atoms with Crippen molar-refractivity contribution in [3.63, 3.8) is 0 Å². The number of hydrogen-bond donors (Lipinski definition) is 3. The zero-order valence-corrected chi connectivity index (χ0v) is 7.04. The molecule has 0 saturated heterocycles. The van der Waals surface area contributed by atoms with Crippen molar-refractivity contribution < 1.29 is 19.6 Å². The van der Waals surface area contributed by atoms with Gasteiger partial charge in [-0.15, -0.1) is 0 Å². The number of carboxylic acid groups (broad SMARTS) is 1. The quantitative estimate of drug-likeness (QED) is 0.509. The molecule has 0 aromatic carbocycles. The molecule has 2 unspecified atom stereocenters. The Bertz CT molecular complexity index is 161. The molecule has 11 heavy (non-hydrogen) atoms. The lowest BCUT2D eigenvalue weighted by Gasteiger charge is -2.03. The summed E-state index contributed by atoms with van der Waals surface area (Å²) >= 11 is 0. The fraction of sp³-hybridized carbons (Fsp3) is 0.800. The molecule has 0 heterocycles. The van der Waals surface area contributed by atoms with Crippen LogP contribution in [-0.2, 0) is 9.36 Å². The highest BCUT2D eigenvalue weighted by Gasteiger charge is 2.23. The van der Waals surface area contributed by atoms with E-state index < -0.39 is 20.0 Å². The summed E-state index contributed by atoms with van der Waals surface area (Å²) in [7, 11) is -1.68. The molecule has 0 rings (SSSR count). The fourth-order valence-corrected chi connectivity index (χ4v) is 1.27. The van der Waals surface area contributed by atoms with Gasteiger partial charge in [0, 0.05) is 13.0 Å². The molecule has 0 spiro atoms. The third-order valence-corrected chi connectivity index (χ3v) is 1.73. The molecule has 0 aromatic rings. The van der Waals surface area contributed by atoms with Crippen molar-refractivity contribution in [1.29, 1.82) is 0 Å². The summed E-state index contributed by atoms with van der Waals surface area (Å²) in [5, 5.41) is 19.2. The molecule has 0 saturated carbocycles. The van der Waals surface area contributed by atoms with E-state index in [1.165, 1.54) is 6.66 Å². The molecular weight excluding hydrogens is 169 g/mol. The number of carboxylic acids is 1. The van der Waals surface area contributed by atoms with Crippen LogP contribution in [0.4, 0.5) is 0 Å². The van der Waals surface area contributed by atoms with Gasteiger partial charge in [-0.3, -0.25) is 4.79 Å². The first-order chi connectivity index (χ1) is 5.07. The zero-order valence-electron chi connectivity index (χ0n) is 6.15. The van der Waals surface area contributed by atoms with Crippen LogP contribution in [0.1, 0.15) is 6.42 Å². The van der Waals surface area contributed by atoms with Gasteiger partial charge in [0.15, 0.2) is 12.7 Å². The molecule has 0 aliphatic rings. The van der Waals surface area contributed by atoms with Crippen molar-refractivity contribution in [1.82, 2.24) is 5.09 Å². The first-order valence-corrected chi connectivity index (χ1v) is 4.79. The standard InChI is InChI=1S/C5H10NO4P/c1-11(10)6-4(2-3-7)5(8)9/h4,7H,2-3H2,1H3,(H-,6,8,9,10)/p+1. The van der Waals surface area contributed by atoms with Crippen molar-refractivity contribution in [2.75, 3.05) is 13.3 Å². The van der Waals surface area contributed by atoms with Crippen molar-refractivity contribution in [2.24, 2.45) is 0 Å². The normalized spacial score (nSPS) is 14.2. The van der Waals surface area contributed by atoms with Gasteiger partial charge in [-0.05, 0) is 0 Å². The molecule has 0 amide bonds. The Morgan fingerprint density at radius 1 is 1.73 bits per heavy atom. The van der Waals surface area contributed by atoms with Gasteiger partial charge in [-0.1, -0.05) is 9.65 Å². The van der Waals surface area contributed by atoms with Crippen molar-refractivity contribution in [3.8, 4) is 0 Å². The lowest BCUT2D eigenvalue weighted by Crippen LogP contribution is -2.32. The molecule has 64 valence electrons. The average Bonchev–Trinajstić information content (AvgIpc) is 1.86. The number of rotatable bonds is 5. The summed E-state index contributed by atoms with van der Waals surface area (Å²) < 4.78 is 10.5. The van der Waals surface area contributed by atoms with E-state index in [0.717, 1.165) is 0 Å². The topological polar surface area (TPSA) is 86.6 Å². The molecule has 6 heteroatoms. The highest BCUT2D eigenvalue weighted by atomic mass is 31.1. The van der Waals surface area contributed by atoms with E-state index >= 15 is 0 Å². The Morgan fingerprint density at radius 3 is 2.55 bits per heavy atom. The molecule has 5 nitrogen and oxygen atoms in total. The van der Waals surface area contributed by atoms with Crippen LogP contribution in [0.15, 0.2) is 0 Å². The predicted octanol–water partition coefficient (Wildman–Crippen LogP) is -0.216. The van der Waals surface area contributed by atoms with E-state index in [0.29, 0.717) is 0 Å². The maximum atomic E-state index is 10.5. The minimum Gasteiger partial charge on any atom is -0.480 e. The van der Waals surface area contributed by atoms with Crippen LogP contribution < -0.4 is 5.09 Å². The molecule has 0 radical (unpaired) electrons. The summed E-state index contributed by atoms with van der Waals surface area (Å²) in [4.78, 5) is 10.3. The zero-order chi connectivity index (χ0) is 8.85. The second-order valence-electron chi connectivity index (χ2n) is 2.03. The maximum Gasteiger partial charge on any atom is 0.429 e. The summed E-state index contributed by atoms with van der Waals surface area (Å²) in [6, 6.07) is -0.909. The van der Waals surface area contributed by atoms with E-state index in [9.17, 15) is 9.36 Å². The number of aliphatic hydroxyl groups excluding tert-OH is 1. The number of aliphatic hydroxyl groups is 1. The molecule has 0 aromatic heterocycles. The van der Waals surface area contributed by atoms with Gasteiger partial charge in [0.2, 0.25) is 0 Å². The molecule has 0 aliphatic heterocycles. The summed E-state index contributed by atoms with van der Waals surface area (Å²) in [5.41, 5.74) is 0. The van der Waals surface area contributed by atoms with Crippen LogP contribution in [-0.4, -0.2) is 35.5 Å². The van der Waals surface area contributed by atoms with Gasteiger partial charge < -0.3 is 10.2 Å². The van der Waals surface area contributed by atoms with E-state index in [4.69, 9.17) is 10.2 Å². The second-order valence-corrected chi connectivity index (χ2v) is 3.28. The Hall–Kier alpha value is -0.510. The Balaban J connectivity index is 3.89. The van der Waals surface area contributed by atoms with Crippen LogP contribution >= 0.6 is 7.95 Å². The summed E-state index contributed by atoms with van der Waals surface area (Å²) in [5.74, 6) is -1.09. The van der Waals surface area contributed by atoms with Crippen LogP contribution in [0.3, 0.4) is 0 Å². The molecule has 2 atom stereocenters. The van der Waals surface area contributed by atoms with Crippen molar-refractivity contribution in [3.05, 3.63) is 0 Å². The lowest BCUT2D eigenvalue weighted by molar-refractivity contribution is -0.139. The summed E-state index contributed by atoms with van der Waals surface area (Å²) in [6.45, 7) is 1.15. The maximum absolute atomic E-state index is 10.5. The minimum absolute atomic E-state index is 0.0737. The predicted molar refractivity (Wildman–Crippen MR) is 39.8 cm³/mol. The molecule has 3 N–H and O–H groups in total. The number of aliphatic carboxylic acids is 1. The fourth-order valence-electron chi connectivity index (χ4n) is 0.592. The van der Waals surface area contributed by atoms with E-state index in [-0.39, 0.29) is 13.0 Å². The Labute approximate surface area is 65.3 Å². The van der Waals surface area contributed by atoms with Gasteiger partial charge in [0.1, 0.15) is 0 Å². The molecule has 0 bridgehead atoms. The second kappa shape index (κ2) is 5.18. The number of nitrogens with one attached hydrogen (secondary N) is 1. The Kier molecular flexibility index (Phi) is 4.94. The number of hydrogen-bond acceptors (Lipinski definition) is 3. The van der Waals surface area contributed by atoms with Crippen molar-refractivity contribution >= 4 is 13.9 Å². The first kappa shape index (κ1) is 10.5. The highest BCUT2D eigenvalue weighted by molar-refractivity contribution is 7.41. The minimum atomic E-state index is -1.68. The van der Waals surface area contributed by atoms with Gasteiger partial charge in [-0.2, -0.15) is 0 Å². The van der Waals surface area contributed by atoms with E-state index in [2.05, 4.69) is 5.09 Å². The van der Waals surface area contributed by atoms with Gasteiger partial charge >= 0.3 is 13.9 Å². The third kappa shape index (κ3) is 4.84. The first-order valence-electron chi connectivity index (χ1n) is 3.08. The smallest absolute Gasteiger partial charge is 0.429 e. The van der Waals surface area contributed by atoms with Gasteiger partial charge in [0.25, 0.3) is 0 Å². The monoisotopic (exact) mass is 180 g/mol. The van der Waals surface area contributed by atoms with E-state index in [1.807, 2.05) is 0 Å². The van der Waals surface area contributed by atoms with E-state index in [1.54, 1.807) is 0 Å². The highest BCUT2D eigenvalue weighted by Crippen LogP contribution is 2.09. The largest absolute Gasteiger partial charge is 0.480 e. The molecule has 0 fully saturated rings. The van der Waals surface area contributed by atoms with Crippen LogP contribution in [0.25, 0.3) is 0 Å². The van der Waals surface area contributed by atoms with Gasteiger partial charge in [0.05, 0.1) is 0 Å². The van der Waals surface area contributed by atoms with Crippen molar-refractivity contribution in [2.45, 2.75) is 12.5 Å². The SMILES string of the molecule is C[P+](=O)NC(CCO)C(=O)O. The third-order valence-electron chi connectivity index (χ3n) is 1.05. The molecular formula is C5H11NO4P+. The van der Waals surface area contributed by atoms with Gasteiger partial charge in [-0.25, -0.2) is 0 Å². The number of carbonyl (C=O) groups is 1. The Morgan fingerprint density at radius 2 is 2.27 bits per heavy atom. The van der Waals surface area contributed by atoms with Crippen LogP contribution in [0, 0.1) is 0 Å². The van der Waals surface area contributed by atoms with Crippen LogP contribution in [0.5, 0.6) is 0 Å². The molecule has 0 aliphatic carbocycles. The average molecular weight is 180 g/mol. The summed E-state index contributed by atoms with van der Waals surface area (Å²) in [6.07, 6.45) is 0.0737. The van der Waals surface area contributed by atoms with Crippen LogP contribution in [0.2, 0.25) is 0 Å².